The van der Waals surface area contributed by atoms with Gasteiger partial charge in [-0.25, -0.2) is 0 Å². The number of hydrogen-bond acceptors (Lipinski definition) is 2. The van der Waals surface area contributed by atoms with E-state index >= 15 is 0 Å². The van der Waals surface area contributed by atoms with Crippen LogP contribution < -0.4 is 21.2 Å². The molecule has 2 atom stereocenters. The van der Waals surface area contributed by atoms with E-state index in [1.165, 1.54) is 34.1 Å². The van der Waals surface area contributed by atoms with E-state index in [0.717, 1.165) is 19.4 Å². The van der Waals surface area contributed by atoms with Crippen LogP contribution in [0.2, 0.25) is 0 Å². The maximum absolute atomic E-state index is 6.88. The van der Waals surface area contributed by atoms with Crippen LogP contribution in [-0.4, -0.2) is 12.7 Å². The van der Waals surface area contributed by atoms with Crippen LogP contribution in [0.25, 0.3) is 0 Å². The Morgan fingerprint density at radius 3 is 1.43 bits per heavy atom. The summed E-state index contributed by atoms with van der Waals surface area (Å²) < 4.78 is 13.6. The molecule has 0 bridgehead atoms. The van der Waals surface area contributed by atoms with Gasteiger partial charge in [-0.2, -0.15) is 0 Å². The van der Waals surface area contributed by atoms with E-state index < -0.39 is 16.3 Å². The normalized spacial score (nSPS) is 18.1. The summed E-state index contributed by atoms with van der Waals surface area (Å²) in [7, 11) is -1.64. The summed E-state index contributed by atoms with van der Waals surface area (Å²) in [6.07, 6.45) is 4.86. The summed E-state index contributed by atoms with van der Waals surface area (Å²) in [6, 6.07) is 42.8. The quantitative estimate of drug-likeness (QED) is 0.240. The van der Waals surface area contributed by atoms with Crippen LogP contribution in [0, 0.1) is 5.92 Å². The van der Waals surface area contributed by atoms with Crippen LogP contribution in [0.1, 0.15) is 25.7 Å². The van der Waals surface area contributed by atoms with Crippen molar-refractivity contribution in [2.24, 2.45) is 5.92 Å². The van der Waals surface area contributed by atoms with Gasteiger partial charge in [0.15, 0.2) is 0 Å². The molecule has 4 aromatic rings. The summed E-state index contributed by atoms with van der Waals surface area (Å²) in [5.74, 6) is 0.523. The largest absolute Gasteiger partial charge is 0.349 e. The third-order valence-corrected chi connectivity index (χ3v) is 10.4. The van der Waals surface area contributed by atoms with Crippen molar-refractivity contribution < 1.29 is 9.05 Å². The van der Waals surface area contributed by atoms with Crippen molar-refractivity contribution in [3.05, 3.63) is 121 Å². The lowest BCUT2D eigenvalue weighted by atomic mass is 9.88. The van der Waals surface area contributed by atoms with Gasteiger partial charge in [-0.3, -0.25) is 0 Å². The fourth-order valence-electron chi connectivity index (χ4n) is 4.64. The summed E-state index contributed by atoms with van der Waals surface area (Å²) >= 11 is 0. The first-order valence-corrected chi connectivity index (χ1v) is 15.0. The first-order chi connectivity index (χ1) is 17.4. The Bertz CT molecular complexity index is 1060. The van der Waals surface area contributed by atoms with E-state index in [9.17, 15) is 0 Å². The number of hydrogen-bond donors (Lipinski definition) is 0. The van der Waals surface area contributed by atoms with Gasteiger partial charge >= 0.3 is 0 Å². The Labute approximate surface area is 212 Å². The second kappa shape index (κ2) is 12.6. The van der Waals surface area contributed by atoms with Gasteiger partial charge in [-0.1, -0.05) is 128 Å². The summed E-state index contributed by atoms with van der Waals surface area (Å²) in [4.78, 5) is 0. The van der Waals surface area contributed by atoms with Gasteiger partial charge in [0.1, 0.15) is 0 Å². The average Bonchev–Trinajstić information content (AvgIpc) is 2.94. The van der Waals surface area contributed by atoms with E-state index in [0.29, 0.717) is 5.92 Å². The van der Waals surface area contributed by atoms with Crippen LogP contribution in [0.3, 0.4) is 0 Å². The standard InChI is InChI=1S/C31H32O2P2/c1-5-16-28(17-6-1)34(29-18-7-2-8-19-29)32-25-26-14-13-15-27(24-26)33-35(30-20-9-3-10-21-30)31-22-11-4-12-23-31/h1-12,16-23,26-27H,13-15,24-25H2. The van der Waals surface area contributed by atoms with Crippen molar-refractivity contribution >= 4 is 37.5 Å². The second-order valence-corrected chi connectivity index (χ2v) is 12.7. The third-order valence-electron chi connectivity index (χ3n) is 6.39. The van der Waals surface area contributed by atoms with Crippen molar-refractivity contribution in [1.82, 2.24) is 0 Å². The zero-order valence-corrected chi connectivity index (χ0v) is 21.7. The van der Waals surface area contributed by atoms with Gasteiger partial charge in [0.25, 0.3) is 0 Å². The topological polar surface area (TPSA) is 18.5 Å². The van der Waals surface area contributed by atoms with E-state index in [-0.39, 0.29) is 6.10 Å². The minimum atomic E-state index is -0.824. The monoisotopic (exact) mass is 498 g/mol. The van der Waals surface area contributed by atoms with E-state index in [1.54, 1.807) is 0 Å². The molecule has 1 aliphatic rings. The number of rotatable bonds is 9. The molecule has 0 aliphatic heterocycles. The minimum absolute atomic E-state index is 0.267. The highest BCUT2D eigenvalue weighted by atomic mass is 31.1. The molecule has 1 fully saturated rings. The molecule has 0 aromatic heterocycles. The van der Waals surface area contributed by atoms with Crippen LogP contribution in [0.4, 0.5) is 0 Å². The fourth-order valence-corrected chi connectivity index (χ4v) is 8.40. The van der Waals surface area contributed by atoms with Gasteiger partial charge in [-0.05, 0) is 25.2 Å². The molecule has 2 nitrogen and oxygen atoms in total. The molecule has 1 aliphatic carbocycles. The molecule has 4 aromatic carbocycles. The minimum Gasteiger partial charge on any atom is -0.349 e. The first-order valence-electron chi connectivity index (χ1n) is 12.5. The van der Waals surface area contributed by atoms with Gasteiger partial charge in [0, 0.05) is 21.2 Å². The third kappa shape index (κ3) is 6.66. The van der Waals surface area contributed by atoms with E-state index in [2.05, 4.69) is 121 Å². The van der Waals surface area contributed by atoms with Crippen molar-refractivity contribution in [1.29, 1.82) is 0 Å². The predicted molar refractivity (Wildman–Crippen MR) is 151 cm³/mol. The Hall–Kier alpha value is -2.34. The lowest BCUT2D eigenvalue weighted by Gasteiger charge is -2.33. The maximum Gasteiger partial charge on any atom is 0.0921 e. The molecule has 2 unspecified atom stereocenters. The van der Waals surface area contributed by atoms with Crippen molar-refractivity contribution in [2.75, 3.05) is 6.61 Å². The highest BCUT2D eigenvalue weighted by molar-refractivity contribution is 7.68. The maximum atomic E-state index is 6.88. The first kappa shape index (κ1) is 24.4. The predicted octanol–water partition coefficient (Wildman–Crippen LogP) is 6.67. The molecule has 0 radical (unpaired) electrons. The van der Waals surface area contributed by atoms with Crippen LogP contribution in [-0.2, 0) is 9.05 Å². The van der Waals surface area contributed by atoms with Crippen molar-refractivity contribution in [3.8, 4) is 0 Å². The molecule has 5 rings (SSSR count). The summed E-state index contributed by atoms with van der Waals surface area (Å²) in [5.41, 5.74) is 0. The summed E-state index contributed by atoms with van der Waals surface area (Å²) in [6.45, 7) is 0.782. The molecule has 0 heterocycles. The molecular formula is C31H32O2P2. The van der Waals surface area contributed by atoms with Crippen LogP contribution >= 0.6 is 16.3 Å². The van der Waals surface area contributed by atoms with Crippen molar-refractivity contribution in [2.45, 2.75) is 31.8 Å². The summed E-state index contributed by atoms with van der Waals surface area (Å²) in [5, 5.41) is 5.11. The molecule has 35 heavy (non-hydrogen) atoms. The number of benzene rings is 4. The highest BCUT2D eigenvalue weighted by Crippen LogP contribution is 2.42. The molecule has 0 saturated heterocycles. The molecule has 4 heteroatoms. The second-order valence-electron chi connectivity index (χ2n) is 8.99. The van der Waals surface area contributed by atoms with Gasteiger partial charge in [0.2, 0.25) is 0 Å². The Balaban J connectivity index is 1.27. The molecule has 178 valence electrons. The fraction of sp³-hybridized carbons (Fsp3) is 0.226. The highest BCUT2D eigenvalue weighted by Gasteiger charge is 2.28. The zero-order chi connectivity index (χ0) is 23.7. The lowest BCUT2D eigenvalue weighted by molar-refractivity contribution is 0.116. The Kier molecular flexibility index (Phi) is 8.75. The molecule has 1 saturated carbocycles. The molecule has 0 N–H and O–H groups in total. The average molecular weight is 499 g/mol. The van der Waals surface area contributed by atoms with E-state index in [1.807, 2.05) is 0 Å². The smallest absolute Gasteiger partial charge is 0.0921 e. The molecule has 0 spiro atoms. The SMILES string of the molecule is c1ccc(P(OCC2CCCC(OP(c3ccccc3)c3ccccc3)C2)c2ccccc2)cc1. The Morgan fingerprint density at radius 2 is 0.971 bits per heavy atom. The van der Waals surface area contributed by atoms with Crippen LogP contribution in [0.5, 0.6) is 0 Å². The van der Waals surface area contributed by atoms with Gasteiger partial charge in [0.05, 0.1) is 29.0 Å². The van der Waals surface area contributed by atoms with Gasteiger partial charge in [-0.15, -0.1) is 0 Å². The van der Waals surface area contributed by atoms with E-state index in [4.69, 9.17) is 9.05 Å². The zero-order valence-electron chi connectivity index (χ0n) is 19.9. The van der Waals surface area contributed by atoms with Gasteiger partial charge < -0.3 is 9.05 Å². The Morgan fingerprint density at radius 1 is 0.543 bits per heavy atom. The van der Waals surface area contributed by atoms with Crippen LogP contribution in [0.15, 0.2) is 121 Å². The lowest BCUT2D eigenvalue weighted by Crippen LogP contribution is -2.27. The van der Waals surface area contributed by atoms with Crippen molar-refractivity contribution in [3.63, 3.8) is 0 Å². The molecule has 0 amide bonds. The molecular weight excluding hydrogens is 466 g/mol.